The minimum atomic E-state index is 0.541. The molecule has 0 aliphatic carbocycles. The smallest absolute Gasteiger partial charge is 0.171 e. The summed E-state index contributed by atoms with van der Waals surface area (Å²) in [4.78, 5) is 1.33. The maximum atomic E-state index is 5.27. The lowest BCUT2D eigenvalue weighted by atomic mass is 10.2. The van der Waals surface area contributed by atoms with Crippen LogP contribution in [-0.2, 0) is 0 Å². The van der Waals surface area contributed by atoms with E-state index in [0.717, 1.165) is 0 Å². The lowest BCUT2D eigenvalue weighted by molar-refractivity contribution is 0.369. The summed E-state index contributed by atoms with van der Waals surface area (Å²) < 4.78 is 15.7. The van der Waals surface area contributed by atoms with Crippen LogP contribution in [0.15, 0.2) is 18.5 Å². The summed E-state index contributed by atoms with van der Waals surface area (Å²) in [5, 5.41) is 11.4. The molecule has 0 fully saturated rings. The molecule has 0 atom stereocenters. The number of tetrazole rings is 1. The number of ether oxygens (including phenoxy) is 3. The van der Waals surface area contributed by atoms with Crippen molar-refractivity contribution in [2.24, 2.45) is 0 Å². The molecule has 0 radical (unpaired) electrons. The van der Waals surface area contributed by atoms with Gasteiger partial charge < -0.3 is 14.2 Å². The van der Waals surface area contributed by atoms with E-state index in [1.165, 1.54) is 11.1 Å². The summed E-state index contributed by atoms with van der Waals surface area (Å²) in [6.45, 7) is 0. The molecule has 0 saturated carbocycles. The van der Waals surface area contributed by atoms with Crippen molar-refractivity contribution in [2.75, 3.05) is 21.3 Å². The van der Waals surface area contributed by atoms with Crippen molar-refractivity contribution in [3.8, 4) is 22.9 Å². The molecular weight excluding hydrogens is 224 g/mol. The van der Waals surface area contributed by atoms with Gasteiger partial charge in [-0.25, -0.2) is 0 Å². The van der Waals surface area contributed by atoms with Gasteiger partial charge >= 0.3 is 0 Å². The normalized spacial score (nSPS) is 10.1. The molecule has 1 aromatic carbocycles. The van der Waals surface area contributed by atoms with Crippen LogP contribution in [0.4, 0.5) is 0 Å². The summed E-state index contributed by atoms with van der Waals surface area (Å²) in [5.74, 6) is 1.71. The average Bonchev–Trinajstić information content (AvgIpc) is 2.90. The van der Waals surface area contributed by atoms with Crippen molar-refractivity contribution in [1.82, 2.24) is 20.2 Å². The molecule has 7 nitrogen and oxygen atoms in total. The Kier molecular flexibility index (Phi) is 3.08. The number of hydrogen-bond donors (Lipinski definition) is 0. The minimum absolute atomic E-state index is 0.541. The molecule has 90 valence electrons. The molecule has 0 spiro atoms. The van der Waals surface area contributed by atoms with Crippen LogP contribution in [0.5, 0.6) is 17.2 Å². The first-order valence-corrected chi connectivity index (χ1v) is 4.83. The topological polar surface area (TPSA) is 71.3 Å². The van der Waals surface area contributed by atoms with Crippen LogP contribution in [-0.4, -0.2) is 41.5 Å². The van der Waals surface area contributed by atoms with Crippen molar-refractivity contribution < 1.29 is 14.2 Å². The largest absolute Gasteiger partial charge is 0.496 e. The van der Waals surface area contributed by atoms with Crippen molar-refractivity contribution in [1.29, 1.82) is 0 Å². The second-order valence-corrected chi connectivity index (χ2v) is 3.11. The van der Waals surface area contributed by atoms with Gasteiger partial charge in [-0.1, -0.05) is 0 Å². The van der Waals surface area contributed by atoms with E-state index in [-0.39, 0.29) is 0 Å². The third-order valence-electron chi connectivity index (χ3n) is 2.24. The van der Waals surface area contributed by atoms with Crippen LogP contribution >= 0.6 is 0 Å². The van der Waals surface area contributed by atoms with Gasteiger partial charge in [0, 0.05) is 12.1 Å². The van der Waals surface area contributed by atoms with Gasteiger partial charge in [-0.3, -0.25) is 0 Å². The maximum Gasteiger partial charge on any atom is 0.171 e. The first-order chi connectivity index (χ1) is 8.30. The molecule has 17 heavy (non-hydrogen) atoms. The van der Waals surface area contributed by atoms with Crippen LogP contribution in [0.1, 0.15) is 0 Å². The number of benzene rings is 1. The molecular formula is C10H12N4O3. The van der Waals surface area contributed by atoms with Gasteiger partial charge in [-0.05, 0) is 5.21 Å². The Balaban J connectivity index is 2.63. The van der Waals surface area contributed by atoms with Crippen LogP contribution < -0.4 is 14.2 Å². The van der Waals surface area contributed by atoms with Crippen molar-refractivity contribution in [3.63, 3.8) is 0 Å². The van der Waals surface area contributed by atoms with Gasteiger partial charge in [0.2, 0.25) is 0 Å². The summed E-state index contributed by atoms with van der Waals surface area (Å²) in [7, 11) is 4.67. The Hall–Kier alpha value is -2.31. The molecule has 1 aromatic heterocycles. The van der Waals surface area contributed by atoms with E-state index in [1.54, 1.807) is 33.5 Å². The Labute approximate surface area is 97.9 Å². The SMILES string of the molecule is COc1cc(OC)c(-n2ncnn2)c(OC)c1. The van der Waals surface area contributed by atoms with Crippen molar-refractivity contribution in [2.45, 2.75) is 0 Å². The van der Waals surface area contributed by atoms with Gasteiger partial charge in [0.05, 0.1) is 21.3 Å². The molecule has 0 unspecified atom stereocenters. The van der Waals surface area contributed by atoms with Gasteiger partial charge in [-0.15, -0.1) is 15.0 Å². The van der Waals surface area contributed by atoms with Crippen LogP contribution in [0.3, 0.4) is 0 Å². The van der Waals surface area contributed by atoms with E-state index in [2.05, 4.69) is 15.4 Å². The highest BCUT2D eigenvalue weighted by atomic mass is 16.5. The van der Waals surface area contributed by atoms with E-state index < -0.39 is 0 Å². The van der Waals surface area contributed by atoms with E-state index in [1.807, 2.05) is 0 Å². The fraction of sp³-hybridized carbons (Fsp3) is 0.300. The molecule has 7 heteroatoms. The van der Waals surface area contributed by atoms with Crippen LogP contribution in [0.25, 0.3) is 5.69 Å². The zero-order chi connectivity index (χ0) is 12.3. The third kappa shape index (κ3) is 1.99. The van der Waals surface area contributed by atoms with Gasteiger partial charge in [0.25, 0.3) is 0 Å². The summed E-state index contributed by atoms with van der Waals surface area (Å²) in [6.07, 6.45) is 1.34. The fourth-order valence-corrected chi connectivity index (χ4v) is 1.45. The lowest BCUT2D eigenvalue weighted by Crippen LogP contribution is -2.05. The molecule has 0 bridgehead atoms. The highest BCUT2D eigenvalue weighted by Crippen LogP contribution is 2.35. The predicted molar refractivity (Wildman–Crippen MR) is 58.8 cm³/mol. The molecule has 0 saturated heterocycles. The molecule has 1 heterocycles. The Morgan fingerprint density at radius 1 is 1.00 bits per heavy atom. The van der Waals surface area contributed by atoms with Crippen molar-refractivity contribution in [3.05, 3.63) is 18.5 Å². The second kappa shape index (κ2) is 4.69. The highest BCUT2D eigenvalue weighted by molar-refractivity contribution is 5.59. The average molecular weight is 236 g/mol. The molecule has 0 aliphatic heterocycles. The summed E-state index contributed by atoms with van der Waals surface area (Å²) in [5.41, 5.74) is 0.577. The monoisotopic (exact) mass is 236 g/mol. The minimum Gasteiger partial charge on any atom is -0.496 e. The molecule has 2 rings (SSSR count). The number of hydrogen-bond acceptors (Lipinski definition) is 6. The van der Waals surface area contributed by atoms with Gasteiger partial charge in [0.15, 0.2) is 23.5 Å². The quantitative estimate of drug-likeness (QED) is 0.777. The van der Waals surface area contributed by atoms with E-state index in [0.29, 0.717) is 22.9 Å². The zero-order valence-electron chi connectivity index (χ0n) is 9.75. The van der Waals surface area contributed by atoms with Crippen molar-refractivity contribution >= 4 is 0 Å². The molecule has 0 N–H and O–H groups in total. The summed E-state index contributed by atoms with van der Waals surface area (Å²) >= 11 is 0. The van der Waals surface area contributed by atoms with E-state index >= 15 is 0 Å². The first-order valence-electron chi connectivity index (χ1n) is 4.83. The van der Waals surface area contributed by atoms with Gasteiger partial charge in [0.1, 0.15) is 5.75 Å². The molecule has 2 aromatic rings. The molecule has 0 aliphatic rings. The fourth-order valence-electron chi connectivity index (χ4n) is 1.45. The number of aromatic nitrogens is 4. The Morgan fingerprint density at radius 3 is 2.06 bits per heavy atom. The summed E-state index contributed by atoms with van der Waals surface area (Å²) in [6, 6.07) is 3.45. The van der Waals surface area contributed by atoms with Crippen LogP contribution in [0, 0.1) is 0 Å². The predicted octanol–water partition coefficient (Wildman–Crippen LogP) is 0.688. The standard InChI is InChI=1S/C10H12N4O3/c1-15-7-4-8(16-2)10(9(5-7)17-3)14-12-6-11-13-14/h4-6H,1-3H3. The first kappa shape index (κ1) is 11.2. The number of methoxy groups -OCH3 is 3. The number of rotatable bonds is 4. The van der Waals surface area contributed by atoms with Gasteiger partial charge in [-0.2, -0.15) is 0 Å². The zero-order valence-corrected chi connectivity index (χ0v) is 9.75. The Morgan fingerprint density at radius 2 is 1.65 bits per heavy atom. The highest BCUT2D eigenvalue weighted by Gasteiger charge is 2.16. The lowest BCUT2D eigenvalue weighted by Gasteiger charge is -2.13. The van der Waals surface area contributed by atoms with Crippen LogP contribution in [0.2, 0.25) is 0 Å². The third-order valence-corrected chi connectivity index (χ3v) is 2.24. The number of nitrogens with zero attached hydrogens (tertiary/aromatic N) is 4. The second-order valence-electron chi connectivity index (χ2n) is 3.11. The van der Waals surface area contributed by atoms with E-state index in [4.69, 9.17) is 14.2 Å². The van der Waals surface area contributed by atoms with E-state index in [9.17, 15) is 0 Å². The Bertz CT molecular complexity index is 473. The maximum absolute atomic E-state index is 5.27. The molecule has 0 amide bonds.